The zero-order chi connectivity index (χ0) is 20.1. The van der Waals surface area contributed by atoms with Crippen molar-refractivity contribution in [3.63, 3.8) is 0 Å². The van der Waals surface area contributed by atoms with E-state index in [4.69, 9.17) is 0 Å². The molecule has 8 nitrogen and oxygen atoms in total. The number of hydrogen-bond donors (Lipinski definition) is 1. The maximum absolute atomic E-state index is 12.4. The first-order chi connectivity index (χ1) is 14.8. The highest BCUT2D eigenvalue weighted by Gasteiger charge is 2.24. The first-order valence-electron chi connectivity index (χ1n) is 9.78. The molecule has 30 heavy (non-hydrogen) atoms. The smallest absolute Gasteiger partial charge is 0.260 e. The predicted molar refractivity (Wildman–Crippen MR) is 117 cm³/mol. The number of carbonyl (C=O) groups excluding carboxylic acids is 1. The molecule has 1 aromatic carbocycles. The second-order valence-electron chi connectivity index (χ2n) is 7.21. The van der Waals surface area contributed by atoms with Crippen LogP contribution in [-0.4, -0.2) is 40.9 Å². The molecule has 150 valence electrons. The molecule has 6 rings (SSSR count). The number of nitrogens with zero attached hydrogens (tertiary/aromatic N) is 6. The molecule has 0 saturated carbocycles. The summed E-state index contributed by atoms with van der Waals surface area (Å²) in [7, 11) is 0. The van der Waals surface area contributed by atoms with E-state index in [-0.39, 0.29) is 11.7 Å². The van der Waals surface area contributed by atoms with E-state index in [1.54, 1.807) is 22.2 Å². The molecular weight excluding hydrogens is 418 g/mol. The van der Waals surface area contributed by atoms with Crippen molar-refractivity contribution >= 4 is 56.3 Å². The van der Waals surface area contributed by atoms with E-state index in [2.05, 4.69) is 25.6 Å². The number of hydrogen-bond acceptors (Lipinski definition) is 7. The Kier molecular flexibility index (Phi) is 4.20. The minimum absolute atomic E-state index is 0.0773. The Labute approximate surface area is 179 Å². The van der Waals surface area contributed by atoms with Crippen molar-refractivity contribution < 1.29 is 4.79 Å². The summed E-state index contributed by atoms with van der Waals surface area (Å²) in [6, 6.07) is 9.46. The summed E-state index contributed by atoms with van der Waals surface area (Å²) in [6.07, 6.45) is 6.14. The predicted octanol–water partition coefficient (Wildman–Crippen LogP) is 3.60. The van der Waals surface area contributed by atoms with Crippen LogP contribution in [0.4, 0.5) is 5.69 Å². The highest BCUT2D eigenvalue weighted by molar-refractivity contribution is 7.99. The summed E-state index contributed by atoms with van der Waals surface area (Å²) in [5.74, 6) is 0.795. The lowest BCUT2D eigenvalue weighted by Gasteiger charge is -2.10. The van der Waals surface area contributed by atoms with Crippen LogP contribution in [0.25, 0.3) is 21.6 Å². The van der Waals surface area contributed by atoms with E-state index in [9.17, 15) is 4.79 Å². The zero-order valence-electron chi connectivity index (χ0n) is 15.9. The molecule has 4 heterocycles. The van der Waals surface area contributed by atoms with E-state index < -0.39 is 0 Å². The van der Waals surface area contributed by atoms with Crippen LogP contribution in [0.5, 0.6) is 0 Å². The van der Waals surface area contributed by atoms with Crippen molar-refractivity contribution in [2.24, 2.45) is 0 Å². The number of amides is 1. The van der Waals surface area contributed by atoms with Gasteiger partial charge in [-0.2, -0.15) is 9.61 Å². The van der Waals surface area contributed by atoms with E-state index in [1.165, 1.54) is 35.0 Å². The third kappa shape index (κ3) is 2.78. The van der Waals surface area contributed by atoms with Crippen LogP contribution in [0.2, 0.25) is 0 Å². The summed E-state index contributed by atoms with van der Waals surface area (Å²) in [6.45, 7) is 0. The third-order valence-corrected chi connectivity index (χ3v) is 7.53. The molecule has 0 bridgehead atoms. The lowest BCUT2D eigenvalue weighted by molar-refractivity contribution is -0.113. The monoisotopic (exact) mass is 435 g/mol. The third-order valence-electron chi connectivity index (χ3n) is 5.32. The molecule has 0 atom stereocenters. The van der Waals surface area contributed by atoms with Gasteiger partial charge in [0.05, 0.1) is 11.1 Å². The molecule has 0 radical (unpaired) electrons. The number of aryl methyl sites for hydroxylation is 2. The molecule has 1 amide bonds. The van der Waals surface area contributed by atoms with Gasteiger partial charge in [0.25, 0.3) is 5.78 Å². The van der Waals surface area contributed by atoms with Gasteiger partial charge in [-0.3, -0.25) is 4.79 Å². The second-order valence-corrected chi connectivity index (χ2v) is 9.23. The average Bonchev–Trinajstić information content (AvgIpc) is 3.48. The molecule has 0 unspecified atom stereocenters. The van der Waals surface area contributed by atoms with E-state index in [0.717, 1.165) is 34.4 Å². The summed E-state index contributed by atoms with van der Waals surface area (Å²) in [5.41, 5.74) is 3.00. The summed E-state index contributed by atoms with van der Waals surface area (Å²) >= 11 is 3.17. The van der Waals surface area contributed by atoms with Crippen molar-refractivity contribution in [3.8, 4) is 0 Å². The molecule has 0 fully saturated rings. The molecular formula is C20H17N7OS2. The Hall–Kier alpha value is -2.98. The van der Waals surface area contributed by atoms with Crippen LogP contribution in [-0.2, 0) is 17.6 Å². The van der Waals surface area contributed by atoms with Gasteiger partial charge >= 0.3 is 0 Å². The van der Waals surface area contributed by atoms with Gasteiger partial charge < -0.3 is 5.32 Å². The first kappa shape index (κ1) is 17.8. The van der Waals surface area contributed by atoms with Crippen molar-refractivity contribution in [2.45, 2.75) is 30.8 Å². The van der Waals surface area contributed by atoms with Crippen molar-refractivity contribution in [2.75, 3.05) is 11.1 Å². The molecule has 0 saturated heterocycles. The Bertz CT molecular complexity index is 1400. The molecule has 1 aliphatic rings. The molecule has 1 aliphatic carbocycles. The maximum atomic E-state index is 12.4. The Morgan fingerprint density at radius 3 is 2.93 bits per heavy atom. The lowest BCUT2D eigenvalue weighted by atomic mass is 9.97. The Morgan fingerprint density at radius 2 is 2.03 bits per heavy atom. The standard InChI is InChI=1S/C20H17N7OS2/c28-15(23-12-6-2-1-3-7-12)10-29-20-25-24-19-26(20)18-16(17-21-11-22-27(17)19)13-8-4-5-9-14(13)30-18/h1-3,6-7,11H,4-5,8-10H2,(H,23,28). The van der Waals surface area contributed by atoms with Gasteiger partial charge in [0, 0.05) is 10.6 Å². The largest absolute Gasteiger partial charge is 0.325 e. The molecule has 0 spiro atoms. The van der Waals surface area contributed by atoms with Crippen molar-refractivity contribution in [1.29, 1.82) is 0 Å². The fourth-order valence-corrected chi connectivity index (χ4v) is 6.19. The quantitative estimate of drug-likeness (QED) is 0.434. The summed E-state index contributed by atoms with van der Waals surface area (Å²) in [5, 5.41) is 17.9. The van der Waals surface area contributed by atoms with Crippen molar-refractivity contribution in [1.82, 2.24) is 29.2 Å². The van der Waals surface area contributed by atoms with Crippen LogP contribution < -0.4 is 5.32 Å². The Balaban J connectivity index is 1.41. The van der Waals surface area contributed by atoms with Gasteiger partial charge in [0.1, 0.15) is 11.2 Å². The number of fused-ring (bicyclic) bond motifs is 8. The van der Waals surface area contributed by atoms with Crippen LogP contribution in [0.15, 0.2) is 41.8 Å². The maximum Gasteiger partial charge on any atom is 0.260 e. The zero-order valence-corrected chi connectivity index (χ0v) is 17.5. The normalized spacial score (nSPS) is 13.9. The minimum atomic E-state index is -0.0773. The van der Waals surface area contributed by atoms with Crippen molar-refractivity contribution in [3.05, 3.63) is 47.1 Å². The van der Waals surface area contributed by atoms with E-state index in [1.807, 2.05) is 34.7 Å². The number of para-hydroxylation sites is 1. The number of thioether (sulfide) groups is 1. The molecule has 0 aliphatic heterocycles. The fourth-order valence-electron chi connectivity index (χ4n) is 4.02. The average molecular weight is 436 g/mol. The van der Waals surface area contributed by atoms with Gasteiger partial charge in [-0.15, -0.1) is 21.5 Å². The Morgan fingerprint density at radius 1 is 1.17 bits per heavy atom. The van der Waals surface area contributed by atoms with E-state index in [0.29, 0.717) is 10.9 Å². The molecule has 10 heteroatoms. The molecule has 5 aromatic rings. The van der Waals surface area contributed by atoms with Gasteiger partial charge in [0.15, 0.2) is 10.8 Å². The van der Waals surface area contributed by atoms with Gasteiger partial charge in [-0.1, -0.05) is 30.0 Å². The number of nitrogens with one attached hydrogen (secondary N) is 1. The summed E-state index contributed by atoms with van der Waals surface area (Å²) < 4.78 is 3.78. The fraction of sp³-hybridized carbons (Fsp3) is 0.250. The van der Waals surface area contributed by atoms with E-state index >= 15 is 0 Å². The number of rotatable bonds is 4. The molecule has 4 aromatic heterocycles. The topological polar surface area (TPSA) is 89.5 Å². The minimum Gasteiger partial charge on any atom is -0.325 e. The molecule has 1 N–H and O–H groups in total. The lowest BCUT2D eigenvalue weighted by Crippen LogP contribution is -2.14. The first-order valence-corrected chi connectivity index (χ1v) is 11.6. The highest BCUT2D eigenvalue weighted by atomic mass is 32.2. The highest BCUT2D eigenvalue weighted by Crippen LogP contribution is 2.39. The number of anilines is 1. The number of benzene rings is 1. The van der Waals surface area contributed by atoms with Crippen LogP contribution in [0.3, 0.4) is 0 Å². The number of thiophene rings is 1. The van der Waals surface area contributed by atoms with Crippen LogP contribution in [0.1, 0.15) is 23.3 Å². The summed E-state index contributed by atoms with van der Waals surface area (Å²) in [4.78, 5) is 19.4. The SMILES string of the molecule is O=C(CSc1nnc2n3ncnc3c3c4c(sc3n12)CCCC4)Nc1ccccc1. The number of aromatic nitrogens is 6. The van der Waals surface area contributed by atoms with Crippen LogP contribution >= 0.6 is 23.1 Å². The number of carbonyl (C=O) groups is 1. The van der Waals surface area contributed by atoms with Gasteiger partial charge in [-0.05, 0) is 43.4 Å². The second kappa shape index (κ2) is 7.06. The van der Waals surface area contributed by atoms with Gasteiger partial charge in [0.2, 0.25) is 5.91 Å². The van der Waals surface area contributed by atoms with Gasteiger partial charge in [-0.25, -0.2) is 9.38 Å². The van der Waals surface area contributed by atoms with Crippen LogP contribution in [0, 0.1) is 0 Å².